The second-order valence-corrected chi connectivity index (χ2v) is 4.55. The third-order valence-corrected chi connectivity index (χ3v) is 3.01. The first kappa shape index (κ1) is 17.2. The number of aliphatic carboxylic acids is 1. The molecule has 0 aliphatic heterocycles. The Balaban J connectivity index is 4.64. The molecule has 7 nitrogen and oxygen atoms in total. The van der Waals surface area contributed by atoms with Crippen molar-refractivity contribution in [3.8, 4) is 0 Å². The molecule has 0 aliphatic carbocycles. The molecule has 0 saturated heterocycles. The summed E-state index contributed by atoms with van der Waals surface area (Å²) in [4.78, 5) is 37.0. The average molecular weight is 273 g/mol. The van der Waals surface area contributed by atoms with Gasteiger partial charge in [-0.2, -0.15) is 0 Å². The van der Waals surface area contributed by atoms with Crippen LogP contribution in [0.25, 0.3) is 0 Å². The fraction of sp³-hybridized carbons (Fsp3) is 0.750. The van der Waals surface area contributed by atoms with Crippen LogP contribution in [0.1, 0.15) is 20.3 Å². The van der Waals surface area contributed by atoms with Gasteiger partial charge in [0, 0.05) is 27.7 Å². The number of carboxylic acids is 1. The number of hydrogen-bond donors (Lipinski definition) is 2. The lowest BCUT2D eigenvalue weighted by atomic mass is 10.1. The highest BCUT2D eigenvalue weighted by Crippen LogP contribution is 2.07. The lowest BCUT2D eigenvalue weighted by molar-refractivity contribution is -0.142. The standard InChI is InChI=1S/C12H23N3O4/c1-6-9(11(17)18)15(5)12(19)14(4)7-8(2)10(16)13-3/h8-9H,6-7H2,1-5H3,(H,13,16)(H,17,18). The maximum Gasteiger partial charge on any atom is 0.326 e. The molecule has 0 aliphatic rings. The number of likely N-dealkylation sites (N-methyl/N-ethyl adjacent to an activating group) is 1. The number of carboxylic acid groups (broad SMARTS) is 1. The molecule has 0 bridgehead atoms. The van der Waals surface area contributed by atoms with Crippen LogP contribution < -0.4 is 5.32 Å². The van der Waals surface area contributed by atoms with Crippen LogP contribution in [-0.2, 0) is 9.59 Å². The molecule has 0 aromatic heterocycles. The minimum Gasteiger partial charge on any atom is -0.480 e. The third kappa shape index (κ3) is 4.76. The van der Waals surface area contributed by atoms with Crippen molar-refractivity contribution in [1.29, 1.82) is 0 Å². The molecule has 2 unspecified atom stereocenters. The van der Waals surface area contributed by atoms with Crippen LogP contribution in [0.15, 0.2) is 0 Å². The van der Waals surface area contributed by atoms with Crippen molar-refractivity contribution in [3.05, 3.63) is 0 Å². The van der Waals surface area contributed by atoms with E-state index in [2.05, 4.69) is 5.32 Å². The van der Waals surface area contributed by atoms with Gasteiger partial charge in [-0.05, 0) is 6.42 Å². The fourth-order valence-corrected chi connectivity index (χ4v) is 1.83. The SMILES string of the molecule is CCC(C(=O)O)N(C)C(=O)N(C)CC(C)C(=O)NC. The van der Waals surface area contributed by atoms with Crippen molar-refractivity contribution < 1.29 is 19.5 Å². The van der Waals surface area contributed by atoms with Crippen LogP contribution in [0.5, 0.6) is 0 Å². The van der Waals surface area contributed by atoms with E-state index in [9.17, 15) is 14.4 Å². The lowest BCUT2D eigenvalue weighted by Crippen LogP contribution is -2.49. The molecule has 2 N–H and O–H groups in total. The van der Waals surface area contributed by atoms with Gasteiger partial charge < -0.3 is 20.2 Å². The van der Waals surface area contributed by atoms with Gasteiger partial charge in [-0.3, -0.25) is 4.79 Å². The summed E-state index contributed by atoms with van der Waals surface area (Å²) in [5.41, 5.74) is 0. The highest BCUT2D eigenvalue weighted by atomic mass is 16.4. The Hall–Kier alpha value is -1.79. The molecular weight excluding hydrogens is 250 g/mol. The van der Waals surface area contributed by atoms with Crippen LogP contribution >= 0.6 is 0 Å². The van der Waals surface area contributed by atoms with Gasteiger partial charge in [0.05, 0.1) is 5.92 Å². The van der Waals surface area contributed by atoms with E-state index in [1.807, 2.05) is 0 Å². The van der Waals surface area contributed by atoms with Crippen LogP contribution in [0.3, 0.4) is 0 Å². The summed E-state index contributed by atoms with van der Waals surface area (Å²) in [6.07, 6.45) is 0.330. The molecule has 0 rings (SSSR count). The Morgan fingerprint density at radius 3 is 2.16 bits per heavy atom. The zero-order chi connectivity index (χ0) is 15.2. The first-order valence-corrected chi connectivity index (χ1v) is 6.18. The fourth-order valence-electron chi connectivity index (χ4n) is 1.83. The highest BCUT2D eigenvalue weighted by Gasteiger charge is 2.27. The quantitative estimate of drug-likeness (QED) is 0.724. The van der Waals surface area contributed by atoms with Crippen molar-refractivity contribution in [2.75, 3.05) is 27.7 Å². The van der Waals surface area contributed by atoms with Gasteiger partial charge in [0.2, 0.25) is 5.91 Å². The maximum atomic E-state index is 12.1. The van der Waals surface area contributed by atoms with Crippen LogP contribution in [-0.4, -0.2) is 66.5 Å². The van der Waals surface area contributed by atoms with E-state index in [4.69, 9.17) is 5.11 Å². The van der Waals surface area contributed by atoms with Gasteiger partial charge in [0.25, 0.3) is 0 Å². The van der Waals surface area contributed by atoms with E-state index < -0.39 is 18.0 Å². The van der Waals surface area contributed by atoms with E-state index in [0.29, 0.717) is 6.42 Å². The van der Waals surface area contributed by atoms with Crippen LogP contribution in [0, 0.1) is 5.92 Å². The molecule has 3 amide bonds. The number of carbonyl (C=O) groups is 3. The molecule has 0 heterocycles. The topological polar surface area (TPSA) is 90.0 Å². The first-order chi connectivity index (χ1) is 8.76. The molecule has 110 valence electrons. The third-order valence-electron chi connectivity index (χ3n) is 3.01. The molecule has 0 radical (unpaired) electrons. The molecule has 0 aromatic carbocycles. The Kier molecular flexibility index (Phi) is 6.89. The number of rotatable bonds is 6. The van der Waals surface area contributed by atoms with Crippen molar-refractivity contribution in [1.82, 2.24) is 15.1 Å². The van der Waals surface area contributed by atoms with Gasteiger partial charge >= 0.3 is 12.0 Å². The number of amides is 3. The van der Waals surface area contributed by atoms with Crippen LogP contribution in [0.4, 0.5) is 4.79 Å². The predicted molar refractivity (Wildman–Crippen MR) is 70.7 cm³/mol. The van der Waals surface area contributed by atoms with E-state index in [1.165, 1.54) is 23.9 Å². The Morgan fingerprint density at radius 1 is 1.26 bits per heavy atom. The van der Waals surface area contributed by atoms with E-state index in [0.717, 1.165) is 0 Å². The monoisotopic (exact) mass is 273 g/mol. The lowest BCUT2D eigenvalue weighted by Gasteiger charge is -2.30. The second kappa shape index (κ2) is 7.60. The highest BCUT2D eigenvalue weighted by molar-refractivity contribution is 5.83. The molecule has 0 aromatic rings. The van der Waals surface area contributed by atoms with Gasteiger partial charge in [0.15, 0.2) is 0 Å². The molecular formula is C12H23N3O4. The number of nitrogens with zero attached hydrogens (tertiary/aromatic N) is 2. The normalized spacial score (nSPS) is 13.3. The number of hydrogen-bond acceptors (Lipinski definition) is 3. The Bertz CT molecular complexity index is 346. The molecule has 0 saturated carbocycles. The summed E-state index contributed by atoms with van der Waals surface area (Å²) < 4.78 is 0. The summed E-state index contributed by atoms with van der Waals surface area (Å²) in [6.45, 7) is 3.64. The van der Waals surface area contributed by atoms with Gasteiger partial charge in [-0.1, -0.05) is 13.8 Å². The zero-order valence-corrected chi connectivity index (χ0v) is 12.1. The van der Waals surface area contributed by atoms with Gasteiger partial charge in [-0.15, -0.1) is 0 Å². The largest absolute Gasteiger partial charge is 0.480 e. The van der Waals surface area contributed by atoms with E-state index >= 15 is 0 Å². The summed E-state index contributed by atoms with van der Waals surface area (Å²) in [5, 5.41) is 11.5. The average Bonchev–Trinajstić information content (AvgIpc) is 2.36. The van der Waals surface area contributed by atoms with Crippen molar-refractivity contribution in [2.45, 2.75) is 26.3 Å². The minimum atomic E-state index is -1.04. The van der Waals surface area contributed by atoms with Gasteiger partial charge in [-0.25, -0.2) is 9.59 Å². The molecule has 7 heteroatoms. The first-order valence-electron chi connectivity index (χ1n) is 6.18. The molecule has 0 spiro atoms. The van der Waals surface area contributed by atoms with E-state index in [-0.39, 0.29) is 18.4 Å². The predicted octanol–water partition coefficient (Wildman–Crippen LogP) is 0.215. The molecule has 0 fully saturated rings. The van der Waals surface area contributed by atoms with Crippen molar-refractivity contribution in [3.63, 3.8) is 0 Å². The van der Waals surface area contributed by atoms with Crippen molar-refractivity contribution in [2.24, 2.45) is 5.92 Å². The van der Waals surface area contributed by atoms with Gasteiger partial charge in [0.1, 0.15) is 6.04 Å². The number of carbonyl (C=O) groups excluding carboxylic acids is 2. The van der Waals surface area contributed by atoms with Crippen LogP contribution in [0.2, 0.25) is 0 Å². The zero-order valence-electron chi connectivity index (χ0n) is 12.1. The Morgan fingerprint density at radius 2 is 1.79 bits per heavy atom. The maximum absolute atomic E-state index is 12.1. The smallest absolute Gasteiger partial charge is 0.326 e. The summed E-state index contributed by atoms with van der Waals surface area (Å²) in [6, 6.07) is -1.27. The number of urea groups is 1. The minimum absolute atomic E-state index is 0.160. The molecule has 2 atom stereocenters. The summed E-state index contributed by atoms with van der Waals surface area (Å²) in [7, 11) is 4.53. The van der Waals surface area contributed by atoms with Crippen molar-refractivity contribution >= 4 is 17.9 Å². The summed E-state index contributed by atoms with van der Waals surface area (Å²) in [5.74, 6) is -1.55. The number of nitrogens with one attached hydrogen (secondary N) is 1. The molecule has 19 heavy (non-hydrogen) atoms. The van der Waals surface area contributed by atoms with E-state index in [1.54, 1.807) is 20.9 Å². The summed E-state index contributed by atoms with van der Waals surface area (Å²) >= 11 is 0. The second-order valence-electron chi connectivity index (χ2n) is 4.55. The Labute approximate surface area is 113 Å².